The van der Waals surface area contributed by atoms with E-state index in [0.29, 0.717) is 12.4 Å². The molecule has 0 saturated heterocycles. The smallest absolute Gasteiger partial charge is 0.162 e. The normalized spacial score (nSPS) is 13.8. The third-order valence-corrected chi connectivity index (χ3v) is 5.52. The van der Waals surface area contributed by atoms with Crippen LogP contribution in [0.25, 0.3) is 10.9 Å². The van der Waals surface area contributed by atoms with Gasteiger partial charge in [-0.05, 0) is 68.0 Å². The maximum atomic E-state index is 13.2. The first kappa shape index (κ1) is 17.5. The summed E-state index contributed by atoms with van der Waals surface area (Å²) in [5.74, 6) is -1.36. The molecule has 2 nitrogen and oxygen atoms in total. The summed E-state index contributed by atoms with van der Waals surface area (Å²) in [5.41, 5.74) is 4.19. The van der Waals surface area contributed by atoms with Crippen LogP contribution in [0, 0.1) is 11.6 Å². The van der Waals surface area contributed by atoms with E-state index in [1.165, 1.54) is 41.1 Å². The van der Waals surface area contributed by atoms with Crippen molar-refractivity contribution >= 4 is 26.8 Å². The maximum absolute atomic E-state index is 13.2. The van der Waals surface area contributed by atoms with Gasteiger partial charge in [-0.2, -0.15) is 0 Å². The Morgan fingerprint density at radius 3 is 2.69 bits per heavy atom. The van der Waals surface area contributed by atoms with Crippen LogP contribution in [-0.4, -0.2) is 11.2 Å². The van der Waals surface area contributed by atoms with Crippen molar-refractivity contribution in [3.8, 4) is 5.75 Å². The van der Waals surface area contributed by atoms with E-state index in [-0.39, 0.29) is 0 Å². The first-order chi connectivity index (χ1) is 12.6. The van der Waals surface area contributed by atoms with Crippen LogP contribution in [-0.2, 0) is 19.4 Å². The third-order valence-electron chi connectivity index (χ3n) is 5.02. The molecule has 0 spiro atoms. The molecule has 0 unspecified atom stereocenters. The molecule has 0 bridgehead atoms. The Labute approximate surface area is 159 Å². The highest BCUT2D eigenvalue weighted by molar-refractivity contribution is 9.10. The molecule has 1 aromatic heterocycles. The molecule has 0 fully saturated rings. The van der Waals surface area contributed by atoms with Gasteiger partial charge in [-0.15, -0.1) is 0 Å². The molecular formula is C21H20BrF2NO. The summed E-state index contributed by atoms with van der Waals surface area (Å²) in [6, 6.07) is 10.1. The standard InChI is InChI=1S/C21H20BrF2NO/c22-14-6-9-21-17(12-14)16-4-1-2-5-20(16)25(21)10-3-11-26-15-7-8-18(23)19(24)13-15/h6-9,12-13H,1-5,10-11H2. The minimum atomic E-state index is -0.876. The molecular weight excluding hydrogens is 400 g/mol. The van der Waals surface area contributed by atoms with Gasteiger partial charge in [0, 0.05) is 33.7 Å². The summed E-state index contributed by atoms with van der Waals surface area (Å²) < 4.78 is 35.3. The number of hydrogen-bond donors (Lipinski definition) is 0. The van der Waals surface area contributed by atoms with Gasteiger partial charge in [0.1, 0.15) is 5.75 Å². The van der Waals surface area contributed by atoms with Crippen molar-refractivity contribution in [3.63, 3.8) is 0 Å². The average molecular weight is 420 g/mol. The summed E-state index contributed by atoms with van der Waals surface area (Å²) in [4.78, 5) is 0. The van der Waals surface area contributed by atoms with Gasteiger partial charge in [-0.3, -0.25) is 0 Å². The Morgan fingerprint density at radius 2 is 1.85 bits per heavy atom. The molecule has 0 atom stereocenters. The molecule has 0 aliphatic heterocycles. The monoisotopic (exact) mass is 419 g/mol. The van der Waals surface area contributed by atoms with Crippen LogP contribution in [0.15, 0.2) is 40.9 Å². The number of nitrogens with zero attached hydrogens (tertiary/aromatic N) is 1. The lowest BCUT2D eigenvalue weighted by Crippen LogP contribution is -2.10. The molecule has 5 heteroatoms. The van der Waals surface area contributed by atoms with E-state index in [4.69, 9.17) is 4.74 Å². The van der Waals surface area contributed by atoms with Crippen molar-refractivity contribution in [2.24, 2.45) is 0 Å². The number of benzene rings is 2. The number of rotatable bonds is 5. The molecule has 3 aromatic rings. The summed E-state index contributed by atoms with van der Waals surface area (Å²) >= 11 is 3.58. The van der Waals surface area contributed by atoms with Crippen LogP contribution in [0.3, 0.4) is 0 Å². The van der Waals surface area contributed by atoms with E-state index in [1.54, 1.807) is 0 Å². The van der Waals surface area contributed by atoms with Crippen molar-refractivity contribution in [2.45, 2.75) is 38.6 Å². The van der Waals surface area contributed by atoms with Gasteiger partial charge in [0.15, 0.2) is 11.6 Å². The zero-order valence-corrected chi connectivity index (χ0v) is 16.0. The molecule has 136 valence electrons. The van der Waals surface area contributed by atoms with E-state index >= 15 is 0 Å². The van der Waals surface area contributed by atoms with Crippen molar-refractivity contribution < 1.29 is 13.5 Å². The minimum Gasteiger partial charge on any atom is -0.493 e. The Morgan fingerprint density at radius 1 is 1.00 bits per heavy atom. The Hall–Kier alpha value is -1.88. The molecule has 0 saturated carbocycles. The number of hydrogen-bond acceptors (Lipinski definition) is 1. The second-order valence-corrected chi connectivity index (χ2v) is 7.64. The van der Waals surface area contributed by atoms with E-state index in [2.05, 4.69) is 38.7 Å². The van der Waals surface area contributed by atoms with Crippen LogP contribution < -0.4 is 4.74 Å². The highest BCUT2D eigenvalue weighted by atomic mass is 79.9. The molecule has 2 aromatic carbocycles. The van der Waals surface area contributed by atoms with Gasteiger partial charge in [0.05, 0.1) is 6.61 Å². The van der Waals surface area contributed by atoms with E-state index < -0.39 is 11.6 Å². The van der Waals surface area contributed by atoms with Gasteiger partial charge < -0.3 is 9.30 Å². The largest absolute Gasteiger partial charge is 0.493 e. The first-order valence-corrected chi connectivity index (χ1v) is 9.80. The SMILES string of the molecule is Fc1ccc(OCCCn2c3c(c4cc(Br)ccc42)CCCC3)cc1F. The molecule has 0 amide bonds. The molecule has 0 radical (unpaired) electrons. The molecule has 1 aliphatic carbocycles. The lowest BCUT2D eigenvalue weighted by Gasteiger charge is -2.16. The molecule has 4 rings (SSSR count). The van der Waals surface area contributed by atoms with E-state index in [0.717, 1.165) is 42.4 Å². The Balaban J connectivity index is 1.49. The lowest BCUT2D eigenvalue weighted by molar-refractivity contribution is 0.299. The van der Waals surface area contributed by atoms with Crippen LogP contribution in [0.2, 0.25) is 0 Å². The quantitative estimate of drug-likeness (QED) is 0.460. The predicted molar refractivity (Wildman–Crippen MR) is 103 cm³/mol. The number of fused-ring (bicyclic) bond motifs is 3. The average Bonchev–Trinajstić information content (AvgIpc) is 2.95. The van der Waals surface area contributed by atoms with Crippen LogP contribution in [0.5, 0.6) is 5.75 Å². The van der Waals surface area contributed by atoms with Crippen LogP contribution in [0.1, 0.15) is 30.5 Å². The Bertz CT molecular complexity index is 951. The van der Waals surface area contributed by atoms with Gasteiger partial charge in [-0.25, -0.2) is 8.78 Å². The van der Waals surface area contributed by atoms with Crippen molar-refractivity contribution in [1.82, 2.24) is 4.57 Å². The fraction of sp³-hybridized carbons (Fsp3) is 0.333. The summed E-state index contributed by atoms with van der Waals surface area (Å²) in [6.07, 6.45) is 5.55. The molecule has 1 heterocycles. The maximum Gasteiger partial charge on any atom is 0.162 e. The van der Waals surface area contributed by atoms with Gasteiger partial charge >= 0.3 is 0 Å². The number of ether oxygens (including phenoxy) is 1. The van der Waals surface area contributed by atoms with E-state index in [1.807, 2.05) is 0 Å². The summed E-state index contributed by atoms with van der Waals surface area (Å²) in [5, 5.41) is 1.34. The number of aryl methyl sites for hydroxylation is 2. The third kappa shape index (κ3) is 3.37. The highest BCUT2D eigenvalue weighted by Crippen LogP contribution is 2.34. The highest BCUT2D eigenvalue weighted by Gasteiger charge is 2.19. The zero-order chi connectivity index (χ0) is 18.1. The topological polar surface area (TPSA) is 14.2 Å². The zero-order valence-electron chi connectivity index (χ0n) is 14.4. The van der Waals surface area contributed by atoms with Crippen molar-refractivity contribution in [3.05, 3.63) is 63.8 Å². The molecule has 0 N–H and O–H groups in total. The van der Waals surface area contributed by atoms with Gasteiger partial charge in [0.25, 0.3) is 0 Å². The van der Waals surface area contributed by atoms with Crippen LogP contribution >= 0.6 is 15.9 Å². The summed E-state index contributed by atoms with van der Waals surface area (Å²) in [6.45, 7) is 1.33. The summed E-state index contributed by atoms with van der Waals surface area (Å²) in [7, 11) is 0. The van der Waals surface area contributed by atoms with Crippen molar-refractivity contribution in [2.75, 3.05) is 6.61 Å². The minimum absolute atomic E-state index is 0.368. The fourth-order valence-electron chi connectivity index (χ4n) is 3.84. The lowest BCUT2D eigenvalue weighted by atomic mass is 9.95. The second-order valence-electron chi connectivity index (χ2n) is 6.72. The van der Waals surface area contributed by atoms with Gasteiger partial charge in [0.2, 0.25) is 0 Å². The van der Waals surface area contributed by atoms with Gasteiger partial charge in [-0.1, -0.05) is 15.9 Å². The number of aromatic nitrogens is 1. The number of halogens is 3. The second kappa shape index (κ2) is 7.39. The van der Waals surface area contributed by atoms with Crippen molar-refractivity contribution in [1.29, 1.82) is 0 Å². The predicted octanol–water partition coefficient (Wildman–Crippen LogP) is 6.03. The molecule has 1 aliphatic rings. The fourth-order valence-corrected chi connectivity index (χ4v) is 4.20. The first-order valence-electron chi connectivity index (χ1n) is 9.01. The Kier molecular flexibility index (Phi) is 4.98. The van der Waals surface area contributed by atoms with Crippen LogP contribution in [0.4, 0.5) is 8.78 Å². The molecule has 26 heavy (non-hydrogen) atoms. The van der Waals surface area contributed by atoms with E-state index in [9.17, 15) is 8.78 Å².